The van der Waals surface area contributed by atoms with E-state index in [0.717, 1.165) is 5.56 Å². The Bertz CT molecular complexity index is 956. The van der Waals surface area contributed by atoms with Crippen LogP contribution in [0.5, 0.6) is 0 Å². The number of nitrogens with one attached hydrogen (secondary N) is 2. The third kappa shape index (κ3) is 7.80. The monoisotopic (exact) mass is 460 g/mol. The minimum absolute atomic E-state index is 0.0300. The van der Waals surface area contributed by atoms with Gasteiger partial charge >= 0.3 is 18.3 Å². The van der Waals surface area contributed by atoms with Crippen LogP contribution in [-0.2, 0) is 25.8 Å². The Kier molecular flexibility index (Phi) is 9.17. The number of carboxylic acids is 1. The van der Waals surface area contributed by atoms with Gasteiger partial charge in [0.05, 0.1) is 18.2 Å². The number of amides is 2. The molecule has 1 heterocycles. The first-order valence-corrected chi connectivity index (χ1v) is 10.2. The number of oxime groups is 1. The maximum Gasteiger partial charge on any atom is 0.408 e. The molecule has 176 valence electrons. The van der Waals surface area contributed by atoms with E-state index in [4.69, 9.17) is 20.1 Å². The summed E-state index contributed by atoms with van der Waals surface area (Å²) < 4.78 is 5.24. The van der Waals surface area contributed by atoms with Crippen molar-refractivity contribution >= 4 is 23.7 Å². The number of ether oxygens (including phenoxy) is 1. The van der Waals surface area contributed by atoms with Crippen LogP contribution in [0.2, 0.25) is 0 Å². The number of nitrogens with zero attached hydrogens (tertiary/aromatic N) is 3. The van der Waals surface area contributed by atoms with Crippen molar-refractivity contribution in [1.82, 2.24) is 10.6 Å². The molecule has 0 saturated heterocycles. The summed E-state index contributed by atoms with van der Waals surface area (Å²) in [7, 11) is 0. The molecule has 0 bridgehead atoms. The van der Waals surface area contributed by atoms with E-state index in [1.807, 2.05) is 44.2 Å². The minimum atomic E-state index is -1.33. The standard InChI is InChI=1S/C21H25N5O7/c1-12(2)19(25-21(31)32-11-13-6-4-3-5-7-13)15-8-17(33-26-15)20(30)24-14(9-18(28)29)16(27)10-23-22/h3-7,10,12,14,17,19H,8-9,11H2,1-2H3,(H3-,24,25,27,28,29,30,31)/p+1/b16-10-/t14-,17?,19?/m0/s1. The van der Waals surface area contributed by atoms with Crippen molar-refractivity contribution in [2.24, 2.45) is 11.1 Å². The first-order chi connectivity index (χ1) is 15.7. The first-order valence-electron chi connectivity index (χ1n) is 10.2. The molecule has 0 spiro atoms. The zero-order chi connectivity index (χ0) is 24.4. The van der Waals surface area contributed by atoms with Crippen molar-refractivity contribution in [3.63, 3.8) is 0 Å². The van der Waals surface area contributed by atoms with Crippen LogP contribution in [0.4, 0.5) is 4.79 Å². The molecule has 1 aliphatic heterocycles. The molecule has 0 radical (unpaired) electrons. The Morgan fingerprint density at radius 3 is 2.58 bits per heavy atom. The predicted octanol–water partition coefficient (Wildman–Crippen LogP) is 2.29. The van der Waals surface area contributed by atoms with Gasteiger partial charge in [0, 0.05) is 6.42 Å². The summed E-state index contributed by atoms with van der Waals surface area (Å²) in [6, 6.07) is 7.27. The number of rotatable bonds is 10. The van der Waals surface area contributed by atoms with Crippen molar-refractivity contribution in [3.05, 3.63) is 52.8 Å². The van der Waals surface area contributed by atoms with Gasteiger partial charge in [0.25, 0.3) is 5.91 Å². The molecular formula is C21H26N5O7+. The molecule has 12 heteroatoms. The van der Waals surface area contributed by atoms with Crippen molar-refractivity contribution in [2.45, 2.75) is 51.5 Å². The van der Waals surface area contributed by atoms with E-state index in [1.165, 1.54) is 0 Å². The van der Waals surface area contributed by atoms with E-state index in [2.05, 4.69) is 20.8 Å². The van der Waals surface area contributed by atoms with E-state index in [0.29, 0.717) is 11.9 Å². The number of aliphatic hydroxyl groups excluding tert-OH is 1. The van der Waals surface area contributed by atoms with E-state index in [1.54, 1.807) is 0 Å². The third-order valence-electron chi connectivity index (χ3n) is 4.74. The maximum atomic E-state index is 12.5. The SMILES string of the molecule is CC(C)C(NC(=O)OCc1ccccc1)C1=NOC(C(=O)N[C@@H](CC(=O)O)/C(O)=C/[N+]#N)C1. The van der Waals surface area contributed by atoms with Gasteiger partial charge in [-0.1, -0.05) is 49.3 Å². The summed E-state index contributed by atoms with van der Waals surface area (Å²) in [5.74, 6) is -2.76. The molecule has 0 aliphatic carbocycles. The van der Waals surface area contributed by atoms with Crippen LogP contribution in [0, 0.1) is 11.3 Å². The number of aliphatic carboxylic acids is 1. The molecule has 1 aliphatic rings. The Labute approximate surface area is 189 Å². The van der Waals surface area contributed by atoms with Crippen molar-refractivity contribution < 1.29 is 34.2 Å². The quantitative estimate of drug-likeness (QED) is 0.304. The number of hydrogen-bond donors (Lipinski definition) is 4. The van der Waals surface area contributed by atoms with Crippen molar-refractivity contribution in [2.75, 3.05) is 0 Å². The Morgan fingerprint density at radius 2 is 1.97 bits per heavy atom. The fourth-order valence-electron chi connectivity index (χ4n) is 3.06. The van der Waals surface area contributed by atoms with Crippen LogP contribution in [0.25, 0.3) is 4.98 Å². The van der Waals surface area contributed by atoms with E-state index < -0.39 is 48.3 Å². The lowest BCUT2D eigenvalue weighted by Crippen LogP contribution is -2.46. The average molecular weight is 460 g/mol. The van der Waals surface area contributed by atoms with Crippen LogP contribution in [-0.4, -0.2) is 52.1 Å². The van der Waals surface area contributed by atoms with Crippen molar-refractivity contribution in [3.8, 4) is 0 Å². The first kappa shape index (κ1) is 25.1. The second-order valence-corrected chi connectivity index (χ2v) is 7.64. The van der Waals surface area contributed by atoms with E-state index in [-0.39, 0.29) is 18.9 Å². The lowest BCUT2D eigenvalue weighted by molar-refractivity contribution is -0.138. The zero-order valence-corrected chi connectivity index (χ0v) is 18.2. The smallest absolute Gasteiger partial charge is 0.408 e. The van der Waals surface area contributed by atoms with Gasteiger partial charge in [0.15, 0.2) is 4.98 Å². The number of alkyl carbamates (subject to hydrolysis) is 1. The predicted molar refractivity (Wildman–Crippen MR) is 115 cm³/mol. The van der Waals surface area contributed by atoms with Crippen LogP contribution < -0.4 is 10.6 Å². The lowest BCUT2D eigenvalue weighted by Gasteiger charge is -2.21. The number of benzene rings is 1. The molecule has 1 aromatic carbocycles. The van der Waals surface area contributed by atoms with Crippen LogP contribution in [0.1, 0.15) is 32.3 Å². The summed E-state index contributed by atoms with van der Waals surface area (Å²) in [6.45, 7) is 3.79. The molecule has 2 amide bonds. The number of carbonyl (C=O) groups excluding carboxylic acids is 2. The Balaban J connectivity index is 1.95. The molecule has 1 aromatic rings. The van der Waals surface area contributed by atoms with Crippen LogP contribution in [0.15, 0.2) is 47.4 Å². The molecule has 0 aromatic heterocycles. The molecular weight excluding hydrogens is 434 g/mol. The van der Waals surface area contributed by atoms with E-state index >= 15 is 0 Å². The summed E-state index contributed by atoms with van der Waals surface area (Å²) in [5.41, 5.74) is 1.23. The summed E-state index contributed by atoms with van der Waals surface area (Å²) in [6.07, 6.45) is -1.75. The van der Waals surface area contributed by atoms with E-state index in [9.17, 15) is 19.5 Å². The summed E-state index contributed by atoms with van der Waals surface area (Å²) in [5, 5.41) is 36.2. The van der Waals surface area contributed by atoms with Crippen LogP contribution in [0.3, 0.4) is 0 Å². The molecule has 3 atom stereocenters. The summed E-state index contributed by atoms with van der Waals surface area (Å²) >= 11 is 0. The number of carboxylic acid groups (broad SMARTS) is 1. The van der Waals surface area contributed by atoms with Gasteiger partial charge in [-0.15, -0.1) is 0 Å². The van der Waals surface area contributed by atoms with Crippen molar-refractivity contribution in [1.29, 1.82) is 5.39 Å². The highest BCUT2D eigenvalue weighted by Gasteiger charge is 2.36. The minimum Gasteiger partial charge on any atom is -0.504 e. The molecule has 12 nitrogen and oxygen atoms in total. The number of carbonyl (C=O) groups is 3. The van der Waals surface area contributed by atoms with Gasteiger partial charge < -0.3 is 30.4 Å². The Morgan fingerprint density at radius 1 is 1.27 bits per heavy atom. The number of hydrogen-bond acceptors (Lipinski definition) is 8. The highest BCUT2D eigenvalue weighted by Crippen LogP contribution is 2.18. The molecule has 4 N–H and O–H groups in total. The zero-order valence-electron chi connectivity index (χ0n) is 18.2. The fraction of sp³-hybridized carbons (Fsp3) is 0.429. The topological polar surface area (TPSA) is 175 Å². The van der Waals surface area contributed by atoms with Gasteiger partial charge in [0.2, 0.25) is 17.3 Å². The third-order valence-corrected chi connectivity index (χ3v) is 4.74. The maximum absolute atomic E-state index is 12.5. The molecule has 0 saturated carbocycles. The second-order valence-electron chi connectivity index (χ2n) is 7.64. The average Bonchev–Trinajstić information content (AvgIpc) is 3.26. The van der Waals surface area contributed by atoms with Gasteiger partial charge in [-0.3, -0.25) is 9.59 Å². The molecule has 2 unspecified atom stereocenters. The van der Waals surface area contributed by atoms with Gasteiger partial charge in [-0.05, 0) is 11.5 Å². The fourth-order valence-corrected chi connectivity index (χ4v) is 3.06. The van der Waals surface area contributed by atoms with Gasteiger partial charge in [-0.2, -0.15) is 0 Å². The largest absolute Gasteiger partial charge is 0.504 e. The highest BCUT2D eigenvalue weighted by molar-refractivity contribution is 5.97. The number of diazo groups is 1. The molecule has 2 rings (SSSR count). The van der Waals surface area contributed by atoms with Gasteiger partial charge in [0.1, 0.15) is 12.6 Å². The lowest BCUT2D eigenvalue weighted by atomic mass is 9.95. The van der Waals surface area contributed by atoms with Gasteiger partial charge in [-0.25, -0.2) is 4.79 Å². The Hall–Kier alpha value is -4.14. The summed E-state index contributed by atoms with van der Waals surface area (Å²) in [4.78, 5) is 43.6. The normalized spacial score (nSPS) is 17.2. The molecule has 0 fully saturated rings. The highest BCUT2D eigenvalue weighted by atomic mass is 16.6. The van der Waals surface area contributed by atoms with Crippen LogP contribution >= 0.6 is 0 Å². The molecule has 33 heavy (non-hydrogen) atoms. The second kappa shape index (κ2) is 12.0. The number of aliphatic hydroxyl groups is 1.